The molecular weight excluding hydrogens is 248 g/mol. The van der Waals surface area contributed by atoms with Crippen LogP contribution in [0.1, 0.15) is 5.56 Å². The van der Waals surface area contributed by atoms with Crippen LogP contribution in [0.25, 0.3) is 11.4 Å². The van der Waals surface area contributed by atoms with E-state index in [4.69, 9.17) is 14.7 Å². The zero-order chi connectivity index (χ0) is 13.8. The molecule has 0 amide bonds. The standard InChI is InChI=1S/C12H10N4O3/c1-18-9-4-3-7(6-13)5-8(9)10-14-11(17)16-12(15-10)19-2/h3-5H,1-2H3,(H,14,15,16,17). The van der Waals surface area contributed by atoms with Crippen LogP contribution in [0.5, 0.6) is 11.8 Å². The van der Waals surface area contributed by atoms with Crippen LogP contribution >= 0.6 is 0 Å². The monoisotopic (exact) mass is 258 g/mol. The lowest BCUT2D eigenvalue weighted by molar-refractivity contribution is 0.376. The van der Waals surface area contributed by atoms with Crippen LogP contribution in [0.4, 0.5) is 0 Å². The first-order chi connectivity index (χ1) is 9.17. The first-order valence-electron chi connectivity index (χ1n) is 5.28. The van der Waals surface area contributed by atoms with Gasteiger partial charge in [0.2, 0.25) is 0 Å². The molecule has 2 rings (SSSR count). The molecule has 0 saturated carbocycles. The molecule has 0 radical (unpaired) electrons. The number of aromatic amines is 1. The van der Waals surface area contributed by atoms with Gasteiger partial charge in [0.25, 0.3) is 0 Å². The lowest BCUT2D eigenvalue weighted by Gasteiger charge is -2.08. The molecule has 0 aliphatic rings. The molecule has 1 aromatic heterocycles. The average molecular weight is 258 g/mol. The molecule has 19 heavy (non-hydrogen) atoms. The average Bonchev–Trinajstić information content (AvgIpc) is 2.45. The maximum Gasteiger partial charge on any atom is 0.351 e. The molecular formula is C12H10N4O3. The van der Waals surface area contributed by atoms with E-state index in [1.165, 1.54) is 14.2 Å². The second kappa shape index (κ2) is 5.18. The normalized spacial score (nSPS) is 9.74. The van der Waals surface area contributed by atoms with Gasteiger partial charge in [-0.3, -0.25) is 4.98 Å². The number of methoxy groups -OCH3 is 2. The Balaban J connectivity index is 2.66. The zero-order valence-electron chi connectivity index (χ0n) is 10.3. The number of rotatable bonds is 3. The summed E-state index contributed by atoms with van der Waals surface area (Å²) in [7, 11) is 2.85. The fourth-order valence-corrected chi connectivity index (χ4v) is 1.55. The third-order valence-corrected chi connectivity index (χ3v) is 2.40. The Hall–Kier alpha value is -2.88. The predicted molar refractivity (Wildman–Crippen MR) is 65.9 cm³/mol. The van der Waals surface area contributed by atoms with Crippen molar-refractivity contribution in [2.75, 3.05) is 14.2 Å². The summed E-state index contributed by atoms with van der Waals surface area (Å²) in [4.78, 5) is 21.4. The molecule has 1 N–H and O–H groups in total. The fraction of sp³-hybridized carbons (Fsp3) is 0.167. The van der Waals surface area contributed by atoms with Crippen molar-refractivity contribution in [3.05, 3.63) is 34.2 Å². The van der Waals surface area contributed by atoms with Crippen LogP contribution in [-0.2, 0) is 0 Å². The number of nitrogens with zero attached hydrogens (tertiary/aromatic N) is 3. The van der Waals surface area contributed by atoms with Gasteiger partial charge in [-0.05, 0) is 18.2 Å². The highest BCUT2D eigenvalue weighted by Gasteiger charge is 2.12. The third-order valence-electron chi connectivity index (χ3n) is 2.40. The van der Waals surface area contributed by atoms with Crippen molar-refractivity contribution in [1.29, 1.82) is 5.26 Å². The van der Waals surface area contributed by atoms with E-state index in [-0.39, 0.29) is 11.8 Å². The topological polar surface area (TPSA) is 101 Å². The van der Waals surface area contributed by atoms with Gasteiger partial charge in [0, 0.05) is 0 Å². The molecule has 0 bridgehead atoms. The van der Waals surface area contributed by atoms with Gasteiger partial charge in [-0.25, -0.2) is 4.79 Å². The number of nitriles is 1. The Bertz CT molecular complexity index is 703. The van der Waals surface area contributed by atoms with Gasteiger partial charge in [0.1, 0.15) is 5.75 Å². The number of ether oxygens (including phenoxy) is 2. The summed E-state index contributed by atoms with van der Waals surface area (Å²) in [6.07, 6.45) is 0. The summed E-state index contributed by atoms with van der Waals surface area (Å²) in [5, 5.41) is 8.91. The van der Waals surface area contributed by atoms with E-state index in [1.807, 2.05) is 6.07 Å². The Kier molecular flexibility index (Phi) is 3.43. The second-order valence-corrected chi connectivity index (χ2v) is 3.52. The molecule has 0 atom stereocenters. The molecule has 0 unspecified atom stereocenters. The van der Waals surface area contributed by atoms with Gasteiger partial charge in [0.05, 0.1) is 31.4 Å². The van der Waals surface area contributed by atoms with Crippen LogP contribution in [-0.4, -0.2) is 29.2 Å². The number of benzene rings is 1. The van der Waals surface area contributed by atoms with Gasteiger partial charge >= 0.3 is 11.7 Å². The first-order valence-corrected chi connectivity index (χ1v) is 5.28. The molecule has 1 aromatic carbocycles. The predicted octanol–water partition coefficient (Wildman–Crippen LogP) is 0.721. The fourth-order valence-electron chi connectivity index (χ4n) is 1.55. The van der Waals surface area contributed by atoms with Crippen molar-refractivity contribution in [3.63, 3.8) is 0 Å². The van der Waals surface area contributed by atoms with E-state index in [0.29, 0.717) is 16.9 Å². The van der Waals surface area contributed by atoms with E-state index >= 15 is 0 Å². The van der Waals surface area contributed by atoms with Crippen LogP contribution in [0.15, 0.2) is 23.0 Å². The summed E-state index contributed by atoms with van der Waals surface area (Å²) < 4.78 is 10.0. The lowest BCUT2D eigenvalue weighted by Crippen LogP contribution is -2.14. The van der Waals surface area contributed by atoms with Gasteiger partial charge in [-0.1, -0.05) is 0 Å². The number of hydrogen-bond donors (Lipinski definition) is 1. The highest BCUT2D eigenvalue weighted by Crippen LogP contribution is 2.28. The summed E-state index contributed by atoms with van der Waals surface area (Å²) in [5.74, 6) is 0.709. The first kappa shape index (κ1) is 12.6. The van der Waals surface area contributed by atoms with Gasteiger partial charge in [-0.2, -0.15) is 10.2 Å². The maximum absolute atomic E-state index is 11.4. The minimum atomic E-state index is -0.591. The summed E-state index contributed by atoms with van der Waals surface area (Å²) in [5.41, 5.74) is 0.319. The Morgan fingerprint density at radius 2 is 2.05 bits per heavy atom. The second-order valence-electron chi connectivity index (χ2n) is 3.52. The van der Waals surface area contributed by atoms with E-state index < -0.39 is 5.69 Å². The minimum absolute atomic E-state index is 0.0526. The largest absolute Gasteiger partial charge is 0.496 e. The molecule has 7 nitrogen and oxygen atoms in total. The van der Waals surface area contributed by atoms with Crippen molar-refractivity contribution in [2.24, 2.45) is 0 Å². The zero-order valence-corrected chi connectivity index (χ0v) is 10.3. The smallest absolute Gasteiger partial charge is 0.351 e. The van der Waals surface area contributed by atoms with E-state index in [9.17, 15) is 4.79 Å². The van der Waals surface area contributed by atoms with Crippen LogP contribution < -0.4 is 15.2 Å². The molecule has 96 valence electrons. The van der Waals surface area contributed by atoms with E-state index in [1.54, 1.807) is 18.2 Å². The summed E-state index contributed by atoms with van der Waals surface area (Å²) >= 11 is 0. The van der Waals surface area contributed by atoms with Crippen LogP contribution in [0, 0.1) is 11.3 Å². The molecule has 0 aliphatic carbocycles. The number of nitrogens with one attached hydrogen (secondary N) is 1. The van der Waals surface area contributed by atoms with Crippen molar-refractivity contribution in [2.45, 2.75) is 0 Å². The van der Waals surface area contributed by atoms with Crippen molar-refractivity contribution in [3.8, 4) is 29.2 Å². The van der Waals surface area contributed by atoms with Crippen molar-refractivity contribution in [1.82, 2.24) is 15.0 Å². The quantitative estimate of drug-likeness (QED) is 0.870. The molecule has 0 fully saturated rings. The van der Waals surface area contributed by atoms with Crippen LogP contribution in [0.3, 0.4) is 0 Å². The number of H-pyrrole nitrogens is 1. The molecule has 1 heterocycles. The highest BCUT2D eigenvalue weighted by atomic mass is 16.5. The summed E-state index contributed by atoms with van der Waals surface area (Å²) in [6.45, 7) is 0. The van der Waals surface area contributed by atoms with Gasteiger partial charge < -0.3 is 9.47 Å². The SMILES string of the molecule is COc1nc(-c2cc(C#N)ccc2OC)[nH]c(=O)n1. The molecule has 0 spiro atoms. The van der Waals surface area contributed by atoms with Gasteiger partial charge in [0.15, 0.2) is 5.82 Å². The third kappa shape index (κ3) is 2.52. The molecule has 2 aromatic rings. The Morgan fingerprint density at radius 3 is 2.68 bits per heavy atom. The van der Waals surface area contributed by atoms with E-state index in [2.05, 4.69) is 15.0 Å². The Morgan fingerprint density at radius 1 is 1.26 bits per heavy atom. The van der Waals surface area contributed by atoms with Crippen molar-refractivity contribution < 1.29 is 9.47 Å². The Labute approximate surface area is 108 Å². The minimum Gasteiger partial charge on any atom is -0.496 e. The molecule has 7 heteroatoms. The van der Waals surface area contributed by atoms with Crippen LogP contribution in [0.2, 0.25) is 0 Å². The molecule has 0 saturated heterocycles. The maximum atomic E-state index is 11.4. The molecule has 0 aliphatic heterocycles. The van der Waals surface area contributed by atoms with Crippen molar-refractivity contribution >= 4 is 0 Å². The van der Waals surface area contributed by atoms with E-state index in [0.717, 1.165) is 0 Å². The summed E-state index contributed by atoms with van der Waals surface area (Å²) in [6, 6.07) is 6.76. The lowest BCUT2D eigenvalue weighted by atomic mass is 10.1. The number of hydrogen-bond acceptors (Lipinski definition) is 6. The number of aromatic nitrogens is 3. The van der Waals surface area contributed by atoms with Gasteiger partial charge in [-0.15, -0.1) is 4.98 Å². The highest BCUT2D eigenvalue weighted by molar-refractivity contribution is 5.66.